The van der Waals surface area contributed by atoms with Crippen molar-refractivity contribution in [1.29, 1.82) is 0 Å². The van der Waals surface area contributed by atoms with Crippen LogP contribution in [0.15, 0.2) is 30.5 Å². The molecule has 17 heavy (non-hydrogen) atoms. The minimum absolute atomic E-state index is 0.136. The Morgan fingerprint density at radius 1 is 1.47 bits per heavy atom. The van der Waals surface area contributed by atoms with Crippen molar-refractivity contribution in [3.8, 4) is 5.75 Å². The molecular formula is C11H11N3O3. The fourth-order valence-corrected chi connectivity index (χ4v) is 1.38. The second-order valence-corrected chi connectivity index (χ2v) is 3.47. The van der Waals surface area contributed by atoms with Gasteiger partial charge in [-0.05, 0) is 12.1 Å². The predicted octanol–water partition coefficient (Wildman–Crippen LogP) is 1.09. The fraction of sp³-hybridized carbons (Fsp3) is 0.182. The Morgan fingerprint density at radius 2 is 2.24 bits per heavy atom. The van der Waals surface area contributed by atoms with Crippen LogP contribution in [0.2, 0.25) is 0 Å². The lowest BCUT2D eigenvalue weighted by Crippen LogP contribution is -2.03. The third kappa shape index (κ3) is 2.60. The van der Waals surface area contributed by atoms with Crippen molar-refractivity contribution in [2.24, 2.45) is 7.05 Å². The first kappa shape index (κ1) is 11.1. The zero-order valence-corrected chi connectivity index (χ0v) is 9.20. The molecule has 0 aliphatic heterocycles. The number of rotatable bonds is 4. The quantitative estimate of drug-likeness (QED) is 0.855. The minimum atomic E-state index is -1.01. The molecule has 2 rings (SSSR count). The number of nitrogens with zero attached hydrogens (tertiary/aromatic N) is 3. The highest BCUT2D eigenvalue weighted by Crippen LogP contribution is 2.18. The lowest BCUT2D eigenvalue weighted by Gasteiger charge is -2.06. The molecule has 0 atom stereocenters. The van der Waals surface area contributed by atoms with Crippen molar-refractivity contribution in [3.63, 3.8) is 0 Å². The van der Waals surface area contributed by atoms with E-state index < -0.39 is 5.97 Å². The maximum Gasteiger partial charge on any atom is 0.339 e. The molecule has 0 saturated heterocycles. The van der Waals surface area contributed by atoms with E-state index in [1.165, 1.54) is 6.07 Å². The number of carboxylic acids is 1. The molecule has 0 aliphatic rings. The van der Waals surface area contributed by atoms with Crippen LogP contribution in [-0.4, -0.2) is 26.1 Å². The Kier molecular flexibility index (Phi) is 3.04. The molecule has 0 spiro atoms. The van der Waals surface area contributed by atoms with Gasteiger partial charge >= 0.3 is 5.97 Å². The lowest BCUT2D eigenvalue weighted by molar-refractivity contribution is 0.0691. The van der Waals surface area contributed by atoms with E-state index in [1.54, 1.807) is 36.1 Å². The van der Waals surface area contributed by atoms with E-state index >= 15 is 0 Å². The Hall–Kier alpha value is -2.37. The van der Waals surface area contributed by atoms with Crippen LogP contribution in [-0.2, 0) is 13.7 Å². The molecule has 0 fully saturated rings. The van der Waals surface area contributed by atoms with Crippen LogP contribution < -0.4 is 4.74 Å². The average Bonchev–Trinajstić information content (AvgIpc) is 2.73. The van der Waals surface area contributed by atoms with E-state index in [0.29, 0.717) is 11.4 Å². The largest absolute Gasteiger partial charge is 0.486 e. The molecule has 0 saturated carbocycles. The van der Waals surface area contributed by atoms with Gasteiger partial charge in [-0.1, -0.05) is 17.3 Å². The van der Waals surface area contributed by atoms with Crippen LogP contribution in [0.1, 0.15) is 16.1 Å². The second-order valence-electron chi connectivity index (χ2n) is 3.47. The van der Waals surface area contributed by atoms with Gasteiger partial charge in [0.2, 0.25) is 0 Å². The molecule has 0 amide bonds. The smallest absolute Gasteiger partial charge is 0.339 e. The lowest BCUT2D eigenvalue weighted by atomic mass is 10.2. The van der Waals surface area contributed by atoms with Crippen LogP contribution in [0.3, 0.4) is 0 Å². The SMILES string of the molecule is Cn1cc(COc2ccccc2C(=O)O)nn1. The van der Waals surface area contributed by atoms with Gasteiger partial charge in [-0.2, -0.15) is 0 Å². The highest BCUT2D eigenvalue weighted by molar-refractivity contribution is 5.90. The molecule has 1 heterocycles. The summed E-state index contributed by atoms with van der Waals surface area (Å²) in [5.41, 5.74) is 0.782. The normalized spacial score (nSPS) is 10.2. The zero-order chi connectivity index (χ0) is 12.3. The van der Waals surface area contributed by atoms with Crippen LogP contribution >= 0.6 is 0 Å². The molecular weight excluding hydrogens is 222 g/mol. The van der Waals surface area contributed by atoms with Crippen molar-refractivity contribution >= 4 is 5.97 Å². The summed E-state index contributed by atoms with van der Waals surface area (Å²) in [6, 6.07) is 6.48. The Bertz CT molecular complexity index is 536. The molecule has 0 bridgehead atoms. The highest BCUT2D eigenvalue weighted by atomic mass is 16.5. The Balaban J connectivity index is 2.11. The van der Waals surface area contributed by atoms with Crippen LogP contribution in [0.5, 0.6) is 5.75 Å². The third-order valence-corrected chi connectivity index (χ3v) is 2.14. The number of aryl methyl sites for hydroxylation is 1. The number of hydrogen-bond acceptors (Lipinski definition) is 4. The first-order chi connectivity index (χ1) is 8.16. The van der Waals surface area contributed by atoms with Gasteiger partial charge in [0.25, 0.3) is 0 Å². The monoisotopic (exact) mass is 233 g/mol. The van der Waals surface area contributed by atoms with E-state index in [2.05, 4.69) is 10.3 Å². The third-order valence-electron chi connectivity index (χ3n) is 2.14. The molecule has 0 radical (unpaired) electrons. The van der Waals surface area contributed by atoms with Gasteiger partial charge in [0.05, 0.1) is 6.20 Å². The van der Waals surface area contributed by atoms with Crippen molar-refractivity contribution in [3.05, 3.63) is 41.7 Å². The van der Waals surface area contributed by atoms with E-state index in [-0.39, 0.29) is 12.2 Å². The van der Waals surface area contributed by atoms with Crippen molar-refractivity contribution < 1.29 is 14.6 Å². The number of carboxylic acid groups (broad SMARTS) is 1. The van der Waals surface area contributed by atoms with E-state index in [9.17, 15) is 4.79 Å². The van der Waals surface area contributed by atoms with Gasteiger partial charge < -0.3 is 9.84 Å². The molecule has 0 unspecified atom stereocenters. The molecule has 88 valence electrons. The van der Waals surface area contributed by atoms with Gasteiger partial charge in [-0.25, -0.2) is 4.79 Å². The van der Waals surface area contributed by atoms with Crippen LogP contribution in [0.4, 0.5) is 0 Å². The molecule has 6 nitrogen and oxygen atoms in total. The summed E-state index contributed by atoms with van der Waals surface area (Å²) >= 11 is 0. The fourth-order valence-electron chi connectivity index (χ4n) is 1.38. The number of para-hydroxylation sites is 1. The van der Waals surface area contributed by atoms with E-state index in [0.717, 1.165) is 0 Å². The van der Waals surface area contributed by atoms with E-state index in [1.807, 2.05) is 0 Å². The van der Waals surface area contributed by atoms with Gasteiger partial charge in [-0.15, -0.1) is 5.10 Å². The second kappa shape index (κ2) is 4.65. The summed E-state index contributed by atoms with van der Waals surface area (Å²) in [4.78, 5) is 10.9. The maximum atomic E-state index is 10.9. The standard InChI is InChI=1S/C11H11N3O3/c1-14-6-8(12-13-14)7-17-10-5-3-2-4-9(10)11(15)16/h2-6H,7H2,1H3,(H,15,16). The van der Waals surface area contributed by atoms with Gasteiger partial charge in [0, 0.05) is 7.05 Å². The molecule has 6 heteroatoms. The van der Waals surface area contributed by atoms with Crippen molar-refractivity contribution in [2.75, 3.05) is 0 Å². The molecule has 0 aliphatic carbocycles. The average molecular weight is 233 g/mol. The molecule has 1 aromatic heterocycles. The van der Waals surface area contributed by atoms with Gasteiger partial charge in [0.15, 0.2) is 0 Å². The summed E-state index contributed by atoms with van der Waals surface area (Å²) in [6.45, 7) is 0.193. The number of ether oxygens (including phenoxy) is 1. The maximum absolute atomic E-state index is 10.9. The molecule has 2 aromatic rings. The van der Waals surface area contributed by atoms with Crippen molar-refractivity contribution in [2.45, 2.75) is 6.61 Å². The first-order valence-electron chi connectivity index (χ1n) is 4.97. The zero-order valence-electron chi connectivity index (χ0n) is 9.20. The highest BCUT2D eigenvalue weighted by Gasteiger charge is 2.10. The van der Waals surface area contributed by atoms with Crippen LogP contribution in [0, 0.1) is 0 Å². The topological polar surface area (TPSA) is 77.2 Å². The summed E-state index contributed by atoms with van der Waals surface area (Å²) < 4.78 is 6.96. The summed E-state index contributed by atoms with van der Waals surface area (Å²) in [5, 5.41) is 16.6. The number of hydrogen-bond donors (Lipinski definition) is 1. The number of benzene rings is 1. The van der Waals surface area contributed by atoms with E-state index in [4.69, 9.17) is 9.84 Å². The van der Waals surface area contributed by atoms with Gasteiger partial charge in [-0.3, -0.25) is 4.68 Å². The summed E-state index contributed by atoms with van der Waals surface area (Å²) in [7, 11) is 1.75. The summed E-state index contributed by atoms with van der Waals surface area (Å²) in [5.74, 6) is -0.689. The predicted molar refractivity (Wildman–Crippen MR) is 58.7 cm³/mol. The van der Waals surface area contributed by atoms with Crippen LogP contribution in [0.25, 0.3) is 0 Å². The van der Waals surface area contributed by atoms with Gasteiger partial charge in [0.1, 0.15) is 23.6 Å². The Morgan fingerprint density at radius 3 is 2.88 bits per heavy atom. The Labute approximate surface area is 97.4 Å². The number of aromatic nitrogens is 3. The minimum Gasteiger partial charge on any atom is -0.486 e. The summed E-state index contributed by atoms with van der Waals surface area (Å²) in [6.07, 6.45) is 1.71. The first-order valence-corrected chi connectivity index (χ1v) is 4.97. The molecule has 1 N–H and O–H groups in total. The van der Waals surface area contributed by atoms with Crippen molar-refractivity contribution in [1.82, 2.24) is 15.0 Å². The number of carbonyl (C=O) groups is 1. The number of aromatic carboxylic acids is 1. The molecule has 1 aromatic carbocycles.